The van der Waals surface area contributed by atoms with Crippen LogP contribution in [0.4, 0.5) is 0 Å². The number of aryl methyl sites for hydroxylation is 1. The van der Waals surface area contributed by atoms with E-state index in [1.807, 2.05) is 11.3 Å². The second-order valence-electron chi connectivity index (χ2n) is 5.03. The van der Waals surface area contributed by atoms with Gasteiger partial charge in [0.05, 0.1) is 6.61 Å². The van der Waals surface area contributed by atoms with Crippen molar-refractivity contribution in [2.75, 3.05) is 33.4 Å². The van der Waals surface area contributed by atoms with E-state index in [0.717, 1.165) is 26.2 Å². The second-order valence-corrected chi connectivity index (χ2v) is 6.41. The summed E-state index contributed by atoms with van der Waals surface area (Å²) in [7, 11) is 1.78. The molecule has 102 valence electrons. The molecular formula is C14H24N2OS. The lowest BCUT2D eigenvalue weighted by molar-refractivity contribution is 0.139. The minimum Gasteiger partial charge on any atom is -0.383 e. The van der Waals surface area contributed by atoms with E-state index in [1.54, 1.807) is 7.11 Å². The molecule has 0 radical (unpaired) electrons. The SMILES string of the molecule is COCCN(Cc1ccc(C)s1)CC1CCCN1. The fourth-order valence-electron chi connectivity index (χ4n) is 2.47. The average molecular weight is 268 g/mol. The molecule has 1 aromatic heterocycles. The Labute approximate surface area is 114 Å². The summed E-state index contributed by atoms with van der Waals surface area (Å²) in [4.78, 5) is 5.37. The van der Waals surface area contributed by atoms with E-state index in [4.69, 9.17) is 4.74 Å². The van der Waals surface area contributed by atoms with E-state index in [-0.39, 0.29) is 0 Å². The highest BCUT2D eigenvalue weighted by atomic mass is 32.1. The van der Waals surface area contributed by atoms with Crippen LogP contribution in [0.2, 0.25) is 0 Å². The van der Waals surface area contributed by atoms with Gasteiger partial charge in [0, 0.05) is 42.5 Å². The molecule has 2 rings (SSSR count). The Balaban J connectivity index is 1.86. The Morgan fingerprint density at radius 2 is 2.39 bits per heavy atom. The van der Waals surface area contributed by atoms with Gasteiger partial charge in [-0.15, -0.1) is 11.3 Å². The number of hydrogen-bond donors (Lipinski definition) is 1. The normalized spacial score (nSPS) is 19.8. The summed E-state index contributed by atoms with van der Waals surface area (Å²) in [6.45, 7) is 7.39. The quantitative estimate of drug-likeness (QED) is 0.821. The van der Waals surface area contributed by atoms with Gasteiger partial charge < -0.3 is 10.1 Å². The van der Waals surface area contributed by atoms with Crippen LogP contribution >= 0.6 is 11.3 Å². The van der Waals surface area contributed by atoms with E-state index in [2.05, 4.69) is 29.3 Å². The van der Waals surface area contributed by atoms with Crippen LogP contribution in [0.25, 0.3) is 0 Å². The lowest BCUT2D eigenvalue weighted by atomic mass is 10.2. The van der Waals surface area contributed by atoms with Gasteiger partial charge >= 0.3 is 0 Å². The van der Waals surface area contributed by atoms with E-state index in [1.165, 1.54) is 29.1 Å². The lowest BCUT2D eigenvalue weighted by Crippen LogP contribution is -2.38. The minimum absolute atomic E-state index is 0.669. The molecule has 0 aromatic carbocycles. The summed E-state index contributed by atoms with van der Waals surface area (Å²) >= 11 is 1.90. The van der Waals surface area contributed by atoms with Crippen molar-refractivity contribution in [3.63, 3.8) is 0 Å². The standard InChI is InChI=1S/C14H24N2OS/c1-12-5-6-14(18-12)11-16(8-9-17-2)10-13-4-3-7-15-13/h5-6,13,15H,3-4,7-11H2,1-2H3. The third kappa shape index (κ3) is 4.35. The van der Waals surface area contributed by atoms with Gasteiger partial charge in [-0.1, -0.05) is 0 Å². The van der Waals surface area contributed by atoms with E-state index in [9.17, 15) is 0 Å². The van der Waals surface area contributed by atoms with E-state index in [0.29, 0.717) is 6.04 Å². The summed E-state index contributed by atoms with van der Waals surface area (Å²) in [5, 5.41) is 3.58. The number of methoxy groups -OCH3 is 1. The molecule has 0 saturated carbocycles. The molecule has 1 fully saturated rings. The molecule has 0 spiro atoms. The fraction of sp³-hybridized carbons (Fsp3) is 0.714. The third-order valence-corrected chi connectivity index (χ3v) is 4.41. The molecule has 1 atom stereocenters. The van der Waals surface area contributed by atoms with Crippen molar-refractivity contribution in [1.82, 2.24) is 10.2 Å². The fourth-order valence-corrected chi connectivity index (χ4v) is 3.40. The molecule has 1 aliphatic rings. The van der Waals surface area contributed by atoms with Crippen LogP contribution in [0.3, 0.4) is 0 Å². The molecule has 3 nitrogen and oxygen atoms in total. The van der Waals surface area contributed by atoms with Gasteiger partial charge in [-0.3, -0.25) is 4.90 Å². The molecule has 4 heteroatoms. The van der Waals surface area contributed by atoms with Gasteiger partial charge in [0.15, 0.2) is 0 Å². The van der Waals surface area contributed by atoms with Gasteiger partial charge in [-0.05, 0) is 38.4 Å². The maximum atomic E-state index is 5.22. The zero-order valence-electron chi connectivity index (χ0n) is 11.4. The Morgan fingerprint density at radius 3 is 3.00 bits per heavy atom. The zero-order chi connectivity index (χ0) is 12.8. The third-order valence-electron chi connectivity index (χ3n) is 3.43. The highest BCUT2D eigenvalue weighted by molar-refractivity contribution is 7.11. The van der Waals surface area contributed by atoms with Gasteiger partial charge in [-0.25, -0.2) is 0 Å². The molecule has 1 N–H and O–H groups in total. The maximum Gasteiger partial charge on any atom is 0.0589 e. The Morgan fingerprint density at radius 1 is 1.50 bits per heavy atom. The number of nitrogens with one attached hydrogen (secondary N) is 1. The highest BCUT2D eigenvalue weighted by Gasteiger charge is 2.18. The number of nitrogens with zero attached hydrogens (tertiary/aromatic N) is 1. The van der Waals surface area contributed by atoms with Crippen LogP contribution in [0.1, 0.15) is 22.6 Å². The average Bonchev–Trinajstić information content (AvgIpc) is 2.98. The molecular weight excluding hydrogens is 244 g/mol. The first-order valence-corrected chi connectivity index (χ1v) is 7.59. The summed E-state index contributed by atoms with van der Waals surface area (Å²) < 4.78 is 5.22. The lowest BCUT2D eigenvalue weighted by Gasteiger charge is -2.24. The molecule has 1 unspecified atom stereocenters. The van der Waals surface area contributed by atoms with Crippen molar-refractivity contribution in [2.24, 2.45) is 0 Å². The van der Waals surface area contributed by atoms with Crippen LogP contribution in [-0.2, 0) is 11.3 Å². The van der Waals surface area contributed by atoms with E-state index >= 15 is 0 Å². The molecule has 2 heterocycles. The van der Waals surface area contributed by atoms with Crippen LogP contribution < -0.4 is 5.32 Å². The Hall–Kier alpha value is -0.420. The number of hydrogen-bond acceptors (Lipinski definition) is 4. The monoisotopic (exact) mass is 268 g/mol. The smallest absolute Gasteiger partial charge is 0.0589 e. The molecule has 1 aromatic rings. The topological polar surface area (TPSA) is 24.5 Å². The Kier molecular flexibility index (Phi) is 5.63. The number of rotatable bonds is 7. The maximum absolute atomic E-state index is 5.22. The van der Waals surface area contributed by atoms with Crippen molar-refractivity contribution in [3.8, 4) is 0 Å². The molecule has 0 amide bonds. The van der Waals surface area contributed by atoms with Gasteiger partial charge in [0.2, 0.25) is 0 Å². The summed E-state index contributed by atoms with van der Waals surface area (Å²) in [6, 6.07) is 5.13. The van der Waals surface area contributed by atoms with Crippen LogP contribution in [0.5, 0.6) is 0 Å². The van der Waals surface area contributed by atoms with E-state index < -0.39 is 0 Å². The van der Waals surface area contributed by atoms with Crippen molar-refractivity contribution in [1.29, 1.82) is 0 Å². The number of thiophene rings is 1. The minimum atomic E-state index is 0.669. The molecule has 1 aliphatic heterocycles. The van der Waals surface area contributed by atoms with Crippen molar-refractivity contribution >= 4 is 11.3 Å². The molecule has 1 saturated heterocycles. The largest absolute Gasteiger partial charge is 0.383 e. The van der Waals surface area contributed by atoms with Crippen LogP contribution in [0.15, 0.2) is 12.1 Å². The highest BCUT2D eigenvalue weighted by Crippen LogP contribution is 2.18. The summed E-state index contributed by atoms with van der Waals surface area (Å²) in [5.74, 6) is 0. The van der Waals surface area contributed by atoms with Crippen molar-refractivity contribution < 1.29 is 4.74 Å². The summed E-state index contributed by atoms with van der Waals surface area (Å²) in [6.07, 6.45) is 2.63. The Bertz CT molecular complexity index is 347. The van der Waals surface area contributed by atoms with Crippen molar-refractivity contribution in [2.45, 2.75) is 32.4 Å². The first-order valence-electron chi connectivity index (χ1n) is 6.78. The van der Waals surface area contributed by atoms with Crippen LogP contribution in [0, 0.1) is 6.92 Å². The second kappa shape index (κ2) is 7.24. The zero-order valence-corrected chi connectivity index (χ0v) is 12.3. The van der Waals surface area contributed by atoms with Gasteiger partial charge in [0.25, 0.3) is 0 Å². The van der Waals surface area contributed by atoms with Crippen molar-refractivity contribution in [3.05, 3.63) is 21.9 Å². The number of ether oxygens (including phenoxy) is 1. The first kappa shape index (κ1) is 14.0. The first-order chi connectivity index (χ1) is 8.78. The van der Waals surface area contributed by atoms with Gasteiger partial charge in [-0.2, -0.15) is 0 Å². The van der Waals surface area contributed by atoms with Crippen LogP contribution in [-0.4, -0.2) is 44.3 Å². The predicted octanol–water partition coefficient (Wildman–Crippen LogP) is 2.26. The molecule has 0 bridgehead atoms. The predicted molar refractivity (Wildman–Crippen MR) is 77.2 cm³/mol. The molecule has 18 heavy (non-hydrogen) atoms. The van der Waals surface area contributed by atoms with Gasteiger partial charge in [0.1, 0.15) is 0 Å². The molecule has 0 aliphatic carbocycles. The summed E-state index contributed by atoms with van der Waals surface area (Å²) in [5.41, 5.74) is 0.